The third kappa shape index (κ3) is 2.00. The molecule has 0 radical (unpaired) electrons. The molecular formula is C13H10N4S. The molecule has 0 atom stereocenters. The summed E-state index contributed by atoms with van der Waals surface area (Å²) in [4.78, 5) is 13.3. The van der Waals surface area contributed by atoms with E-state index in [2.05, 4.69) is 15.0 Å². The molecule has 3 aromatic rings. The molecule has 2 aromatic heterocycles. The highest BCUT2D eigenvalue weighted by atomic mass is 32.2. The van der Waals surface area contributed by atoms with E-state index >= 15 is 0 Å². The number of anilines is 1. The van der Waals surface area contributed by atoms with Gasteiger partial charge in [0.05, 0.1) is 11.9 Å². The monoisotopic (exact) mass is 254 g/mol. The fourth-order valence-corrected chi connectivity index (χ4v) is 2.52. The minimum Gasteiger partial charge on any atom is -0.397 e. The third-order valence-corrected chi connectivity index (χ3v) is 3.57. The molecule has 0 unspecified atom stereocenters. The summed E-state index contributed by atoms with van der Waals surface area (Å²) < 4.78 is 0. The highest BCUT2D eigenvalue weighted by Crippen LogP contribution is 2.34. The van der Waals surface area contributed by atoms with Crippen molar-refractivity contribution < 1.29 is 0 Å². The van der Waals surface area contributed by atoms with Crippen molar-refractivity contribution in [3.05, 3.63) is 49.2 Å². The lowest BCUT2D eigenvalue weighted by atomic mass is 10.1. The summed E-state index contributed by atoms with van der Waals surface area (Å²) in [6.45, 7) is 0. The Morgan fingerprint density at radius 2 is 1.83 bits per heavy atom. The summed E-state index contributed by atoms with van der Waals surface area (Å²) in [5, 5.41) is 2.88. The molecule has 0 aliphatic heterocycles. The van der Waals surface area contributed by atoms with E-state index in [0.717, 1.165) is 26.4 Å². The van der Waals surface area contributed by atoms with Crippen LogP contribution in [0.5, 0.6) is 0 Å². The summed E-state index contributed by atoms with van der Waals surface area (Å²) in [6, 6.07) is 5.92. The van der Waals surface area contributed by atoms with Crippen molar-refractivity contribution in [2.45, 2.75) is 9.92 Å². The molecule has 3 rings (SSSR count). The number of aromatic nitrogens is 3. The average Bonchev–Trinajstić information content (AvgIpc) is 2.43. The molecule has 2 heterocycles. The van der Waals surface area contributed by atoms with Crippen molar-refractivity contribution in [3.63, 3.8) is 0 Å². The Hall–Kier alpha value is -2.14. The largest absolute Gasteiger partial charge is 0.397 e. The van der Waals surface area contributed by atoms with Crippen LogP contribution in [0, 0.1) is 0 Å². The van der Waals surface area contributed by atoms with Crippen LogP contribution in [0.4, 0.5) is 5.69 Å². The third-order valence-electron chi connectivity index (χ3n) is 2.58. The molecule has 4 nitrogen and oxygen atoms in total. The first-order valence-electron chi connectivity index (χ1n) is 5.40. The number of hydrogen-bond donors (Lipinski definition) is 1. The number of nitrogen functional groups attached to an aromatic ring is 1. The molecule has 0 saturated heterocycles. The van der Waals surface area contributed by atoms with Gasteiger partial charge in [-0.3, -0.25) is 9.97 Å². The molecule has 0 saturated carbocycles. The molecule has 1 aromatic carbocycles. The first kappa shape index (κ1) is 11.0. The van der Waals surface area contributed by atoms with E-state index in [1.165, 1.54) is 11.8 Å². The van der Waals surface area contributed by atoms with Gasteiger partial charge in [0.1, 0.15) is 5.03 Å². The van der Waals surface area contributed by atoms with Gasteiger partial charge in [-0.05, 0) is 12.1 Å². The zero-order valence-electron chi connectivity index (χ0n) is 9.45. The fourth-order valence-electron chi connectivity index (χ4n) is 1.71. The van der Waals surface area contributed by atoms with Crippen LogP contribution in [0.1, 0.15) is 0 Å². The molecular weight excluding hydrogens is 244 g/mol. The maximum absolute atomic E-state index is 6.17. The number of benzene rings is 1. The summed E-state index contributed by atoms with van der Waals surface area (Å²) >= 11 is 1.51. The summed E-state index contributed by atoms with van der Waals surface area (Å²) in [5.74, 6) is 0. The van der Waals surface area contributed by atoms with Crippen LogP contribution >= 0.6 is 11.8 Å². The maximum Gasteiger partial charge on any atom is 0.119 e. The van der Waals surface area contributed by atoms with Crippen molar-refractivity contribution in [1.29, 1.82) is 0 Å². The van der Waals surface area contributed by atoms with Gasteiger partial charge in [-0.15, -0.1) is 0 Å². The van der Waals surface area contributed by atoms with E-state index in [1.54, 1.807) is 24.8 Å². The second-order valence-corrected chi connectivity index (χ2v) is 4.78. The highest BCUT2D eigenvalue weighted by molar-refractivity contribution is 7.99. The molecule has 0 aliphatic rings. The smallest absolute Gasteiger partial charge is 0.119 e. The predicted octanol–water partition coefficient (Wildman–Crippen LogP) is 2.76. The topological polar surface area (TPSA) is 64.7 Å². The number of nitrogens with zero attached hydrogens (tertiary/aromatic N) is 3. The van der Waals surface area contributed by atoms with Crippen LogP contribution in [0.3, 0.4) is 0 Å². The molecule has 5 heteroatoms. The zero-order valence-corrected chi connectivity index (χ0v) is 10.3. The standard InChI is InChI=1S/C13H10N4S/c14-13-10-3-4-15-7-9(10)1-2-11(13)18-12-8-16-5-6-17-12/h1-8H,14H2. The van der Waals surface area contributed by atoms with E-state index in [9.17, 15) is 0 Å². The fraction of sp³-hybridized carbons (Fsp3) is 0. The van der Waals surface area contributed by atoms with Crippen LogP contribution in [-0.4, -0.2) is 15.0 Å². The van der Waals surface area contributed by atoms with Gasteiger partial charge in [0.2, 0.25) is 0 Å². The van der Waals surface area contributed by atoms with Crippen molar-refractivity contribution in [3.8, 4) is 0 Å². The van der Waals surface area contributed by atoms with Crippen LogP contribution in [-0.2, 0) is 0 Å². The Kier molecular flexibility index (Phi) is 2.82. The molecule has 0 bridgehead atoms. The SMILES string of the molecule is Nc1c(Sc2cnccn2)ccc2cnccc12. The van der Waals surface area contributed by atoms with Crippen molar-refractivity contribution in [2.24, 2.45) is 0 Å². The molecule has 88 valence electrons. The van der Waals surface area contributed by atoms with E-state index in [-0.39, 0.29) is 0 Å². The lowest BCUT2D eigenvalue weighted by Gasteiger charge is -2.07. The van der Waals surface area contributed by atoms with Gasteiger partial charge in [-0.2, -0.15) is 0 Å². The number of pyridine rings is 1. The van der Waals surface area contributed by atoms with Gasteiger partial charge in [-0.25, -0.2) is 4.98 Å². The number of nitrogens with two attached hydrogens (primary N) is 1. The van der Waals surface area contributed by atoms with E-state index < -0.39 is 0 Å². The summed E-state index contributed by atoms with van der Waals surface area (Å²) in [6.07, 6.45) is 8.60. The first-order chi connectivity index (χ1) is 8.84. The maximum atomic E-state index is 6.17. The molecule has 0 aliphatic carbocycles. The van der Waals surface area contributed by atoms with Gasteiger partial charge in [0, 0.05) is 40.5 Å². The quantitative estimate of drug-likeness (QED) is 0.712. The average molecular weight is 254 g/mol. The van der Waals surface area contributed by atoms with Gasteiger partial charge in [0.25, 0.3) is 0 Å². The van der Waals surface area contributed by atoms with E-state index in [0.29, 0.717) is 0 Å². The van der Waals surface area contributed by atoms with Gasteiger partial charge in [-0.1, -0.05) is 17.8 Å². The number of rotatable bonds is 2. The Morgan fingerprint density at radius 1 is 0.944 bits per heavy atom. The van der Waals surface area contributed by atoms with Gasteiger partial charge < -0.3 is 5.73 Å². The molecule has 2 N–H and O–H groups in total. The Labute approximate surface area is 108 Å². The lowest BCUT2D eigenvalue weighted by Crippen LogP contribution is -1.91. The second-order valence-electron chi connectivity index (χ2n) is 3.72. The van der Waals surface area contributed by atoms with Crippen LogP contribution in [0.25, 0.3) is 10.8 Å². The van der Waals surface area contributed by atoms with Crippen molar-refractivity contribution in [2.75, 3.05) is 5.73 Å². The predicted molar refractivity (Wildman–Crippen MR) is 72.3 cm³/mol. The molecule has 0 fully saturated rings. The Balaban J connectivity index is 2.05. The van der Waals surface area contributed by atoms with Crippen molar-refractivity contribution >= 4 is 28.2 Å². The molecule has 18 heavy (non-hydrogen) atoms. The van der Waals surface area contributed by atoms with Crippen LogP contribution in [0.15, 0.2) is 59.1 Å². The van der Waals surface area contributed by atoms with Gasteiger partial charge in [0.15, 0.2) is 0 Å². The lowest BCUT2D eigenvalue weighted by molar-refractivity contribution is 1.06. The zero-order chi connectivity index (χ0) is 12.4. The van der Waals surface area contributed by atoms with Gasteiger partial charge >= 0.3 is 0 Å². The van der Waals surface area contributed by atoms with Crippen LogP contribution < -0.4 is 5.73 Å². The Bertz CT molecular complexity index is 685. The highest BCUT2D eigenvalue weighted by Gasteiger charge is 2.06. The summed E-state index contributed by atoms with van der Waals surface area (Å²) in [7, 11) is 0. The Morgan fingerprint density at radius 3 is 2.67 bits per heavy atom. The first-order valence-corrected chi connectivity index (χ1v) is 6.22. The second kappa shape index (κ2) is 4.62. The van der Waals surface area contributed by atoms with Crippen LogP contribution in [0.2, 0.25) is 0 Å². The van der Waals surface area contributed by atoms with Crippen molar-refractivity contribution in [1.82, 2.24) is 15.0 Å². The molecule has 0 spiro atoms. The van der Waals surface area contributed by atoms with E-state index in [4.69, 9.17) is 5.73 Å². The number of hydrogen-bond acceptors (Lipinski definition) is 5. The van der Waals surface area contributed by atoms with E-state index in [1.807, 2.05) is 24.4 Å². The minimum absolute atomic E-state index is 0.755. The normalized spacial score (nSPS) is 10.7. The molecule has 0 amide bonds. The minimum atomic E-state index is 0.755. The number of fused-ring (bicyclic) bond motifs is 1. The summed E-state index contributed by atoms with van der Waals surface area (Å²) in [5.41, 5.74) is 6.93.